The number of aromatic nitrogens is 2. The summed E-state index contributed by atoms with van der Waals surface area (Å²) in [4.78, 5) is 14.7. The smallest absolute Gasteiger partial charge is 0.160 e. The Balaban J connectivity index is 1.19. The van der Waals surface area contributed by atoms with E-state index in [1.165, 1.54) is 5.56 Å². The molecular weight excluding hydrogens is 635 g/mol. The summed E-state index contributed by atoms with van der Waals surface area (Å²) >= 11 is 0. The fraction of sp³-hybridized carbons (Fsp3) is 0.0426. The predicted molar refractivity (Wildman–Crippen MR) is 210 cm³/mol. The summed E-state index contributed by atoms with van der Waals surface area (Å²) < 4.78 is 0. The van der Waals surface area contributed by atoms with E-state index >= 15 is 0 Å². The van der Waals surface area contributed by atoms with Crippen LogP contribution >= 0.6 is 0 Å². The third-order valence-electron chi connectivity index (χ3n) is 9.85. The van der Waals surface area contributed by atoms with Crippen molar-refractivity contribution >= 4 is 22.7 Å². The van der Waals surface area contributed by atoms with Gasteiger partial charge >= 0.3 is 0 Å². The van der Waals surface area contributed by atoms with E-state index < -0.39 is 0 Å². The molecule has 2 unspecified atom stereocenters. The van der Waals surface area contributed by atoms with Gasteiger partial charge < -0.3 is 9.80 Å². The van der Waals surface area contributed by atoms with Gasteiger partial charge in [0.1, 0.15) is 6.07 Å². The van der Waals surface area contributed by atoms with Crippen LogP contribution < -0.4 is 9.80 Å². The maximum absolute atomic E-state index is 10.8. The number of hydrogen-bond donors (Lipinski definition) is 0. The number of anilines is 4. The van der Waals surface area contributed by atoms with Crippen LogP contribution in [0.1, 0.15) is 17.0 Å². The molecular formula is C47H33N5. The van der Waals surface area contributed by atoms with Crippen molar-refractivity contribution in [2.24, 2.45) is 0 Å². The van der Waals surface area contributed by atoms with Crippen molar-refractivity contribution in [1.29, 1.82) is 5.26 Å². The fourth-order valence-electron chi connectivity index (χ4n) is 7.52. The van der Waals surface area contributed by atoms with Crippen LogP contribution in [0, 0.1) is 11.3 Å². The first-order chi connectivity index (χ1) is 25.8. The Kier molecular flexibility index (Phi) is 7.96. The zero-order valence-corrected chi connectivity index (χ0v) is 28.3. The van der Waals surface area contributed by atoms with Crippen LogP contribution in [0.5, 0.6) is 0 Å². The highest BCUT2D eigenvalue weighted by Crippen LogP contribution is 2.52. The lowest BCUT2D eigenvalue weighted by Gasteiger charge is -2.39. The average Bonchev–Trinajstić information content (AvgIpc) is 3.57. The predicted octanol–water partition coefficient (Wildman–Crippen LogP) is 11.2. The van der Waals surface area contributed by atoms with E-state index in [0.717, 1.165) is 56.5 Å². The lowest BCUT2D eigenvalue weighted by Crippen LogP contribution is -2.39. The monoisotopic (exact) mass is 667 g/mol. The second-order valence-corrected chi connectivity index (χ2v) is 12.9. The van der Waals surface area contributed by atoms with E-state index in [4.69, 9.17) is 9.97 Å². The number of fused-ring (bicyclic) bond motifs is 3. The van der Waals surface area contributed by atoms with Gasteiger partial charge in [-0.05, 0) is 60.2 Å². The summed E-state index contributed by atoms with van der Waals surface area (Å²) in [5.41, 5.74) is 11.4. The summed E-state index contributed by atoms with van der Waals surface area (Å²) in [5.74, 6) is 0.725. The Morgan fingerprint density at radius 3 is 1.79 bits per heavy atom. The van der Waals surface area contributed by atoms with Gasteiger partial charge in [0.25, 0.3) is 0 Å². The molecule has 0 saturated carbocycles. The van der Waals surface area contributed by atoms with Crippen LogP contribution in [-0.2, 0) is 0 Å². The molecule has 2 atom stereocenters. The molecule has 9 rings (SSSR count). The minimum Gasteiger partial charge on any atom is -0.330 e. The maximum Gasteiger partial charge on any atom is 0.160 e. The fourth-order valence-corrected chi connectivity index (χ4v) is 7.52. The third kappa shape index (κ3) is 5.53. The van der Waals surface area contributed by atoms with Crippen LogP contribution in [0.2, 0.25) is 0 Å². The summed E-state index contributed by atoms with van der Waals surface area (Å²) in [6, 6.07) is 60.4. The molecule has 0 amide bonds. The van der Waals surface area contributed by atoms with E-state index in [2.05, 4.69) is 131 Å². The average molecular weight is 668 g/mol. The molecule has 0 N–H and O–H groups in total. The van der Waals surface area contributed by atoms with Crippen LogP contribution in [-0.4, -0.2) is 16.0 Å². The number of para-hydroxylation sites is 3. The Labute approximate surface area is 303 Å². The number of benzene rings is 6. The van der Waals surface area contributed by atoms with Gasteiger partial charge in [-0.2, -0.15) is 5.26 Å². The number of rotatable bonds is 7. The van der Waals surface area contributed by atoms with Gasteiger partial charge in [-0.3, -0.25) is 0 Å². The Bertz CT molecular complexity index is 2390. The zero-order valence-electron chi connectivity index (χ0n) is 28.3. The molecule has 1 aromatic heterocycles. The highest BCUT2D eigenvalue weighted by Gasteiger charge is 2.44. The molecule has 5 nitrogen and oxygen atoms in total. The first kappa shape index (κ1) is 31.0. The quantitative estimate of drug-likeness (QED) is 0.169. The standard InChI is InChI=1S/C47H33N5/c48-32-36-30-35(42-31-41(33-16-5-1-6-17-33)49-47(50-42)34-18-7-2-8-19-34)28-29-43(36)52-44-26-14-13-24-39(44)40-25-15-27-45(46(40)52)51(37-20-9-3-10-21-37)38-22-11-4-12-23-38/h1-31,40,46H. The Morgan fingerprint density at radius 2 is 1.13 bits per heavy atom. The molecule has 1 aliphatic heterocycles. The molecule has 7 aromatic rings. The molecule has 2 aliphatic rings. The molecule has 5 heteroatoms. The Hall–Kier alpha value is -7.03. The van der Waals surface area contributed by atoms with Gasteiger partial charge in [0, 0.05) is 45.4 Å². The van der Waals surface area contributed by atoms with Gasteiger partial charge in [-0.25, -0.2) is 9.97 Å². The Morgan fingerprint density at radius 1 is 0.558 bits per heavy atom. The molecule has 0 radical (unpaired) electrons. The van der Waals surface area contributed by atoms with E-state index in [1.54, 1.807) is 0 Å². The number of allylic oxidation sites excluding steroid dienone is 2. The maximum atomic E-state index is 10.8. The normalized spacial score (nSPS) is 15.7. The van der Waals surface area contributed by atoms with E-state index in [9.17, 15) is 5.26 Å². The van der Waals surface area contributed by atoms with Gasteiger partial charge in [0.15, 0.2) is 5.82 Å². The molecule has 2 heterocycles. The first-order valence-electron chi connectivity index (χ1n) is 17.5. The number of hydrogen-bond acceptors (Lipinski definition) is 5. The topological polar surface area (TPSA) is 56.1 Å². The van der Waals surface area contributed by atoms with Gasteiger partial charge in [0.2, 0.25) is 0 Å². The lowest BCUT2D eigenvalue weighted by molar-refractivity contribution is 0.691. The number of nitrogens with zero attached hydrogens (tertiary/aromatic N) is 5. The molecule has 1 aliphatic carbocycles. The second kappa shape index (κ2) is 13.4. The molecule has 0 spiro atoms. The third-order valence-corrected chi connectivity index (χ3v) is 9.85. The van der Waals surface area contributed by atoms with E-state index in [-0.39, 0.29) is 12.0 Å². The molecule has 0 fully saturated rings. The van der Waals surface area contributed by atoms with Gasteiger partial charge in [0.05, 0.1) is 28.7 Å². The van der Waals surface area contributed by atoms with Crippen molar-refractivity contribution < 1.29 is 0 Å². The van der Waals surface area contributed by atoms with E-state index in [1.807, 2.05) is 72.8 Å². The summed E-state index contributed by atoms with van der Waals surface area (Å²) in [6.07, 6.45) is 6.68. The van der Waals surface area contributed by atoms with Crippen LogP contribution in [0.25, 0.3) is 33.9 Å². The highest BCUT2D eigenvalue weighted by atomic mass is 15.3. The van der Waals surface area contributed by atoms with E-state index in [0.29, 0.717) is 11.4 Å². The number of nitriles is 1. The molecule has 52 heavy (non-hydrogen) atoms. The summed E-state index contributed by atoms with van der Waals surface area (Å²) in [5, 5.41) is 10.8. The van der Waals surface area contributed by atoms with Crippen molar-refractivity contribution in [2.45, 2.75) is 12.0 Å². The second-order valence-electron chi connectivity index (χ2n) is 12.9. The van der Waals surface area contributed by atoms with Crippen LogP contribution in [0.15, 0.2) is 194 Å². The van der Waals surface area contributed by atoms with Crippen molar-refractivity contribution in [1.82, 2.24) is 9.97 Å². The summed E-state index contributed by atoms with van der Waals surface area (Å²) in [6.45, 7) is 0. The minimum atomic E-state index is -0.103. The van der Waals surface area contributed by atoms with Crippen LogP contribution in [0.3, 0.4) is 0 Å². The van der Waals surface area contributed by atoms with Crippen LogP contribution in [0.4, 0.5) is 22.7 Å². The van der Waals surface area contributed by atoms with Crippen molar-refractivity contribution in [3.05, 3.63) is 205 Å². The van der Waals surface area contributed by atoms with Gasteiger partial charge in [-0.15, -0.1) is 0 Å². The lowest BCUT2D eigenvalue weighted by atomic mass is 9.88. The SMILES string of the molecule is N#Cc1cc(-c2cc(-c3ccccc3)nc(-c3ccccc3)n2)ccc1N1c2ccccc2C2C=CC=C(N(c3ccccc3)c3ccccc3)C21. The van der Waals surface area contributed by atoms with Gasteiger partial charge in [-0.1, -0.05) is 133 Å². The zero-order chi connectivity index (χ0) is 34.9. The minimum absolute atomic E-state index is 0.0843. The molecule has 0 bridgehead atoms. The van der Waals surface area contributed by atoms with Crippen molar-refractivity contribution in [3.63, 3.8) is 0 Å². The largest absolute Gasteiger partial charge is 0.330 e. The van der Waals surface area contributed by atoms with Crippen molar-refractivity contribution in [3.8, 4) is 40.0 Å². The first-order valence-corrected chi connectivity index (χ1v) is 17.5. The molecule has 0 saturated heterocycles. The summed E-state index contributed by atoms with van der Waals surface area (Å²) in [7, 11) is 0. The van der Waals surface area contributed by atoms with Crippen molar-refractivity contribution in [2.75, 3.05) is 9.80 Å². The molecule has 6 aromatic carbocycles. The molecule has 246 valence electrons. The highest BCUT2D eigenvalue weighted by molar-refractivity contribution is 5.84.